The van der Waals surface area contributed by atoms with E-state index in [1.54, 1.807) is 13.8 Å². The molecule has 76 valence electrons. The molecule has 0 aromatic carbocycles. The summed E-state index contributed by atoms with van der Waals surface area (Å²) in [5, 5.41) is 8.61. The number of carbonyl (C=O) groups is 2. The predicted molar refractivity (Wildman–Crippen MR) is 42.9 cm³/mol. The fourth-order valence-corrected chi connectivity index (χ4v) is 0.625. The second-order valence-corrected chi connectivity index (χ2v) is 2.71. The largest absolute Gasteiger partial charge is 0.479 e. The summed E-state index contributed by atoms with van der Waals surface area (Å²) in [7, 11) is 1.16. The summed E-state index contributed by atoms with van der Waals surface area (Å²) < 4.78 is 4.19. The van der Waals surface area contributed by atoms with Crippen molar-refractivity contribution in [2.45, 2.75) is 20.0 Å². The average Bonchev–Trinajstić information content (AvgIpc) is 2.03. The van der Waals surface area contributed by atoms with Crippen LogP contribution in [0.1, 0.15) is 13.8 Å². The van der Waals surface area contributed by atoms with Gasteiger partial charge in [-0.25, -0.2) is 9.59 Å². The van der Waals surface area contributed by atoms with E-state index in [9.17, 15) is 9.59 Å². The van der Waals surface area contributed by atoms with Crippen molar-refractivity contribution in [3.8, 4) is 0 Å². The fourth-order valence-electron chi connectivity index (χ4n) is 0.625. The van der Waals surface area contributed by atoms with E-state index in [2.05, 4.69) is 9.57 Å². The topological polar surface area (TPSA) is 84.9 Å². The van der Waals surface area contributed by atoms with Gasteiger partial charge in [0.05, 0.1) is 7.11 Å². The van der Waals surface area contributed by atoms with Gasteiger partial charge in [-0.3, -0.25) is 4.84 Å². The van der Waals surface area contributed by atoms with Crippen LogP contribution in [0, 0.1) is 5.92 Å². The summed E-state index contributed by atoms with van der Waals surface area (Å²) >= 11 is 0. The summed E-state index contributed by atoms with van der Waals surface area (Å²) in [5.74, 6) is -1.37. The standard InChI is InChI=1S/C7H13NO5/c1-4(2)5(6(9)10)13-8-7(11)12-3/h4-5H,1-3H3,(H,8,11)(H,9,10)/t5-/m1/s1. The zero-order valence-corrected chi connectivity index (χ0v) is 7.73. The number of hydroxylamine groups is 1. The van der Waals surface area contributed by atoms with Crippen LogP contribution in [-0.4, -0.2) is 30.4 Å². The highest BCUT2D eigenvalue weighted by Gasteiger charge is 2.23. The Labute approximate surface area is 75.8 Å². The van der Waals surface area contributed by atoms with Crippen LogP contribution in [-0.2, 0) is 14.4 Å². The number of hydrogen-bond donors (Lipinski definition) is 2. The maximum absolute atomic E-state index is 10.5. The fraction of sp³-hybridized carbons (Fsp3) is 0.714. The minimum absolute atomic E-state index is 0.241. The minimum Gasteiger partial charge on any atom is -0.479 e. The van der Waals surface area contributed by atoms with Crippen LogP contribution < -0.4 is 5.48 Å². The first-order valence-electron chi connectivity index (χ1n) is 3.71. The predicted octanol–water partition coefficient (Wildman–Crippen LogP) is 0.383. The Morgan fingerprint density at radius 2 is 1.92 bits per heavy atom. The van der Waals surface area contributed by atoms with Crippen LogP contribution in [0.3, 0.4) is 0 Å². The average molecular weight is 191 g/mol. The van der Waals surface area contributed by atoms with Gasteiger partial charge in [0.15, 0.2) is 6.10 Å². The van der Waals surface area contributed by atoms with Gasteiger partial charge in [-0.05, 0) is 5.92 Å². The molecule has 0 aliphatic rings. The van der Waals surface area contributed by atoms with Gasteiger partial charge in [0.2, 0.25) is 0 Å². The van der Waals surface area contributed by atoms with Crippen LogP contribution in [0.5, 0.6) is 0 Å². The maximum atomic E-state index is 10.5. The number of hydrogen-bond acceptors (Lipinski definition) is 4. The van der Waals surface area contributed by atoms with Crippen molar-refractivity contribution in [2.75, 3.05) is 7.11 Å². The van der Waals surface area contributed by atoms with E-state index in [-0.39, 0.29) is 5.92 Å². The van der Waals surface area contributed by atoms with Crippen molar-refractivity contribution >= 4 is 12.1 Å². The van der Waals surface area contributed by atoms with Crippen LogP contribution in [0.2, 0.25) is 0 Å². The van der Waals surface area contributed by atoms with E-state index in [1.165, 1.54) is 0 Å². The molecule has 0 aromatic heterocycles. The van der Waals surface area contributed by atoms with Crippen molar-refractivity contribution in [2.24, 2.45) is 5.92 Å². The number of carbonyl (C=O) groups excluding carboxylic acids is 1. The summed E-state index contributed by atoms with van der Waals surface area (Å²) in [6, 6.07) is 0. The van der Waals surface area contributed by atoms with Gasteiger partial charge >= 0.3 is 12.1 Å². The van der Waals surface area contributed by atoms with Crippen LogP contribution in [0.4, 0.5) is 4.79 Å². The highest BCUT2D eigenvalue weighted by molar-refractivity contribution is 5.73. The Hall–Kier alpha value is -1.30. The molecule has 0 heterocycles. The first-order chi connectivity index (χ1) is 5.99. The number of amides is 1. The molecule has 13 heavy (non-hydrogen) atoms. The number of carboxylic acid groups (broad SMARTS) is 1. The highest BCUT2D eigenvalue weighted by atomic mass is 16.7. The molecule has 1 amide bonds. The lowest BCUT2D eigenvalue weighted by molar-refractivity contribution is -0.158. The molecule has 0 aliphatic heterocycles. The van der Waals surface area contributed by atoms with Gasteiger partial charge < -0.3 is 9.84 Å². The van der Waals surface area contributed by atoms with Crippen LogP contribution in [0.25, 0.3) is 0 Å². The maximum Gasteiger partial charge on any atom is 0.431 e. The third kappa shape index (κ3) is 4.32. The third-order valence-electron chi connectivity index (χ3n) is 1.30. The first kappa shape index (κ1) is 11.7. The highest BCUT2D eigenvalue weighted by Crippen LogP contribution is 2.04. The van der Waals surface area contributed by atoms with E-state index >= 15 is 0 Å². The number of aliphatic carboxylic acids is 1. The Morgan fingerprint density at radius 3 is 2.23 bits per heavy atom. The second kappa shape index (κ2) is 5.36. The number of ether oxygens (including phenoxy) is 1. The summed E-state index contributed by atoms with van der Waals surface area (Å²) in [4.78, 5) is 25.6. The molecular formula is C7H13NO5. The van der Waals surface area contributed by atoms with Crippen molar-refractivity contribution in [1.29, 1.82) is 0 Å². The molecule has 0 spiro atoms. The molecule has 0 saturated carbocycles. The molecule has 0 radical (unpaired) electrons. The van der Waals surface area contributed by atoms with Crippen molar-refractivity contribution in [3.63, 3.8) is 0 Å². The second-order valence-electron chi connectivity index (χ2n) is 2.71. The van der Waals surface area contributed by atoms with Gasteiger partial charge in [-0.15, -0.1) is 0 Å². The number of methoxy groups -OCH3 is 1. The molecule has 6 heteroatoms. The smallest absolute Gasteiger partial charge is 0.431 e. The molecule has 0 unspecified atom stereocenters. The third-order valence-corrected chi connectivity index (χ3v) is 1.30. The number of rotatable bonds is 4. The Morgan fingerprint density at radius 1 is 1.38 bits per heavy atom. The zero-order valence-electron chi connectivity index (χ0n) is 7.73. The lowest BCUT2D eigenvalue weighted by atomic mass is 10.1. The van der Waals surface area contributed by atoms with Gasteiger partial charge in [-0.1, -0.05) is 13.8 Å². The molecule has 0 aromatic rings. The molecule has 0 fully saturated rings. The minimum atomic E-state index is -1.13. The van der Waals surface area contributed by atoms with Crippen LogP contribution in [0.15, 0.2) is 0 Å². The number of carboxylic acids is 1. The van der Waals surface area contributed by atoms with Gasteiger partial charge in [-0.2, -0.15) is 5.48 Å². The molecule has 1 atom stereocenters. The molecule has 2 N–H and O–H groups in total. The summed E-state index contributed by atoms with van der Waals surface area (Å²) in [6.07, 6.45) is -1.90. The molecule has 0 saturated heterocycles. The quantitative estimate of drug-likeness (QED) is 0.627. The Bertz CT molecular complexity index is 191. The Kier molecular flexibility index (Phi) is 4.83. The van der Waals surface area contributed by atoms with Crippen molar-refractivity contribution in [3.05, 3.63) is 0 Å². The van der Waals surface area contributed by atoms with E-state index in [1.807, 2.05) is 5.48 Å². The molecule has 0 rings (SSSR count). The Balaban J connectivity index is 3.97. The van der Waals surface area contributed by atoms with Crippen molar-refractivity contribution in [1.82, 2.24) is 5.48 Å². The van der Waals surface area contributed by atoms with Crippen LogP contribution >= 0.6 is 0 Å². The first-order valence-corrected chi connectivity index (χ1v) is 3.71. The molecule has 0 bridgehead atoms. The van der Waals surface area contributed by atoms with Gasteiger partial charge in [0.1, 0.15) is 0 Å². The zero-order chi connectivity index (χ0) is 10.4. The lowest BCUT2D eigenvalue weighted by Gasteiger charge is -2.15. The monoisotopic (exact) mass is 191 g/mol. The van der Waals surface area contributed by atoms with Gasteiger partial charge in [0, 0.05) is 0 Å². The van der Waals surface area contributed by atoms with E-state index < -0.39 is 18.2 Å². The summed E-state index contributed by atoms with van der Waals surface area (Å²) in [6.45, 7) is 3.33. The van der Waals surface area contributed by atoms with E-state index in [0.29, 0.717) is 0 Å². The van der Waals surface area contributed by atoms with E-state index in [0.717, 1.165) is 7.11 Å². The van der Waals surface area contributed by atoms with Gasteiger partial charge in [0.25, 0.3) is 0 Å². The number of nitrogens with one attached hydrogen (secondary N) is 1. The van der Waals surface area contributed by atoms with E-state index in [4.69, 9.17) is 5.11 Å². The lowest BCUT2D eigenvalue weighted by Crippen LogP contribution is -2.37. The SMILES string of the molecule is COC(=O)NO[C@@H](C(=O)O)C(C)C. The normalized spacial score (nSPS) is 12.3. The molecule has 6 nitrogen and oxygen atoms in total. The molecule has 0 aliphatic carbocycles. The van der Waals surface area contributed by atoms with Crippen molar-refractivity contribution < 1.29 is 24.3 Å². The molecular weight excluding hydrogens is 178 g/mol. The summed E-state index contributed by atoms with van der Waals surface area (Å²) in [5.41, 5.74) is 1.85.